The zero-order chi connectivity index (χ0) is 21.0. The molecule has 29 heavy (non-hydrogen) atoms. The first kappa shape index (κ1) is 20.5. The van der Waals surface area contributed by atoms with Gasteiger partial charge < -0.3 is 10.1 Å². The molecule has 1 atom stereocenters. The standard InChI is InChI=1S/C21H21N3O4S/c1-12-4-6-15(7-5-12)17-10-18(24-23-17)21(27)28-13(2)20(26)19-9-8-16(29-19)11-22-14(3)25/h4-10,13H,11H2,1-3H3,(H,22,25)(H,23,24)/t13-/m1/s1. The number of nitrogens with zero attached hydrogens (tertiary/aromatic N) is 1. The van der Waals surface area contributed by atoms with Gasteiger partial charge in [-0.15, -0.1) is 11.3 Å². The number of aryl methyl sites for hydroxylation is 1. The minimum atomic E-state index is -0.944. The summed E-state index contributed by atoms with van der Waals surface area (Å²) in [5.74, 6) is -1.08. The number of hydrogen-bond donors (Lipinski definition) is 2. The zero-order valence-corrected chi connectivity index (χ0v) is 17.1. The number of H-pyrrole nitrogens is 1. The normalized spacial score (nSPS) is 11.7. The maximum Gasteiger partial charge on any atom is 0.357 e. The van der Waals surface area contributed by atoms with Crippen molar-refractivity contribution >= 4 is 29.0 Å². The van der Waals surface area contributed by atoms with E-state index in [9.17, 15) is 14.4 Å². The van der Waals surface area contributed by atoms with Crippen molar-refractivity contribution in [3.05, 3.63) is 63.5 Å². The lowest BCUT2D eigenvalue weighted by Gasteiger charge is -2.10. The van der Waals surface area contributed by atoms with Gasteiger partial charge in [0.15, 0.2) is 6.10 Å². The second-order valence-electron chi connectivity index (χ2n) is 6.62. The van der Waals surface area contributed by atoms with Crippen LogP contribution in [-0.2, 0) is 16.1 Å². The predicted octanol–water partition coefficient (Wildman–Crippen LogP) is 3.51. The van der Waals surface area contributed by atoms with Crippen molar-refractivity contribution in [2.75, 3.05) is 0 Å². The smallest absolute Gasteiger partial charge is 0.357 e. The molecule has 1 aromatic carbocycles. The highest BCUT2D eigenvalue weighted by molar-refractivity contribution is 7.14. The van der Waals surface area contributed by atoms with Crippen LogP contribution in [0.25, 0.3) is 11.3 Å². The molecule has 2 aromatic heterocycles. The molecule has 0 spiro atoms. The average Bonchev–Trinajstić information content (AvgIpc) is 3.36. The number of hydrogen-bond acceptors (Lipinski definition) is 6. The molecule has 0 saturated heterocycles. The monoisotopic (exact) mass is 411 g/mol. The Kier molecular flexibility index (Phi) is 6.23. The van der Waals surface area contributed by atoms with Crippen LogP contribution in [-0.4, -0.2) is 34.0 Å². The van der Waals surface area contributed by atoms with Crippen molar-refractivity contribution in [2.24, 2.45) is 0 Å². The second kappa shape index (κ2) is 8.83. The molecule has 150 valence electrons. The van der Waals surface area contributed by atoms with Crippen LogP contribution in [0.15, 0.2) is 42.5 Å². The van der Waals surface area contributed by atoms with Crippen molar-refractivity contribution < 1.29 is 19.1 Å². The molecule has 0 aliphatic heterocycles. The quantitative estimate of drug-likeness (QED) is 0.458. The van der Waals surface area contributed by atoms with Gasteiger partial charge in [0.2, 0.25) is 11.7 Å². The first-order valence-electron chi connectivity index (χ1n) is 9.04. The van der Waals surface area contributed by atoms with Crippen LogP contribution >= 0.6 is 11.3 Å². The zero-order valence-electron chi connectivity index (χ0n) is 16.3. The van der Waals surface area contributed by atoms with Crippen LogP contribution in [0.4, 0.5) is 0 Å². The summed E-state index contributed by atoms with van der Waals surface area (Å²) in [6, 6.07) is 12.8. The van der Waals surface area contributed by atoms with Gasteiger partial charge in [-0.25, -0.2) is 4.79 Å². The number of rotatable bonds is 7. The second-order valence-corrected chi connectivity index (χ2v) is 7.79. The molecule has 0 bridgehead atoms. The molecule has 0 unspecified atom stereocenters. The summed E-state index contributed by atoms with van der Waals surface area (Å²) in [7, 11) is 0. The van der Waals surface area contributed by atoms with E-state index < -0.39 is 12.1 Å². The van der Waals surface area contributed by atoms with Crippen LogP contribution < -0.4 is 5.32 Å². The first-order chi connectivity index (χ1) is 13.8. The summed E-state index contributed by atoms with van der Waals surface area (Å²) >= 11 is 1.26. The fourth-order valence-corrected chi connectivity index (χ4v) is 3.56. The third-order valence-corrected chi connectivity index (χ3v) is 5.31. The van der Waals surface area contributed by atoms with Crippen LogP contribution in [0, 0.1) is 6.92 Å². The van der Waals surface area contributed by atoms with Gasteiger partial charge in [-0.1, -0.05) is 29.8 Å². The summed E-state index contributed by atoms with van der Waals surface area (Å²) in [6.07, 6.45) is -0.944. The molecular formula is C21H21N3O4S. The fraction of sp³-hybridized carbons (Fsp3) is 0.238. The van der Waals surface area contributed by atoms with Gasteiger partial charge in [0.25, 0.3) is 0 Å². The Morgan fingerprint density at radius 1 is 1.17 bits per heavy atom. The van der Waals surface area contributed by atoms with Crippen molar-refractivity contribution in [2.45, 2.75) is 33.4 Å². The van der Waals surface area contributed by atoms with E-state index in [-0.39, 0.29) is 17.4 Å². The third-order valence-electron chi connectivity index (χ3n) is 4.21. The lowest BCUT2D eigenvalue weighted by Crippen LogP contribution is -2.24. The van der Waals surface area contributed by atoms with Gasteiger partial charge in [-0.05, 0) is 32.0 Å². The summed E-state index contributed by atoms with van der Waals surface area (Å²) < 4.78 is 5.31. The summed E-state index contributed by atoms with van der Waals surface area (Å²) in [4.78, 5) is 37.2. The summed E-state index contributed by atoms with van der Waals surface area (Å²) in [6.45, 7) is 5.31. The highest BCUT2D eigenvalue weighted by Crippen LogP contribution is 2.21. The molecule has 2 heterocycles. The number of amides is 1. The number of ether oxygens (including phenoxy) is 1. The van der Waals surface area contributed by atoms with Crippen LogP contribution in [0.5, 0.6) is 0 Å². The molecule has 0 aliphatic rings. The van der Waals surface area contributed by atoms with E-state index >= 15 is 0 Å². The van der Waals surface area contributed by atoms with E-state index in [0.29, 0.717) is 17.1 Å². The fourth-order valence-electron chi connectivity index (χ4n) is 2.59. The number of aromatic amines is 1. The number of carbonyl (C=O) groups is 3. The van der Waals surface area contributed by atoms with Crippen LogP contribution in [0.3, 0.4) is 0 Å². The van der Waals surface area contributed by atoms with Gasteiger partial charge in [0.05, 0.1) is 17.1 Å². The minimum Gasteiger partial charge on any atom is -0.450 e. The Morgan fingerprint density at radius 3 is 2.59 bits per heavy atom. The molecule has 0 saturated carbocycles. The van der Waals surface area contributed by atoms with Gasteiger partial charge in [-0.3, -0.25) is 14.7 Å². The largest absolute Gasteiger partial charge is 0.450 e. The number of carbonyl (C=O) groups excluding carboxylic acids is 3. The van der Waals surface area contributed by atoms with Crippen molar-refractivity contribution in [3.63, 3.8) is 0 Å². The van der Waals surface area contributed by atoms with Gasteiger partial charge in [0.1, 0.15) is 5.69 Å². The average molecular weight is 411 g/mol. The molecule has 0 radical (unpaired) electrons. The lowest BCUT2D eigenvalue weighted by molar-refractivity contribution is -0.119. The SMILES string of the molecule is CC(=O)NCc1ccc(C(=O)[C@@H](C)OC(=O)c2cc(-c3ccc(C)cc3)n[nH]2)s1. The van der Waals surface area contributed by atoms with E-state index in [0.717, 1.165) is 16.0 Å². The van der Waals surface area contributed by atoms with E-state index in [1.54, 1.807) is 18.2 Å². The molecule has 1 amide bonds. The summed E-state index contributed by atoms with van der Waals surface area (Å²) in [5, 5.41) is 9.48. The van der Waals surface area contributed by atoms with Gasteiger partial charge in [0, 0.05) is 17.4 Å². The van der Waals surface area contributed by atoms with E-state index in [4.69, 9.17) is 4.74 Å². The molecule has 0 fully saturated rings. The Hall–Kier alpha value is -3.26. The van der Waals surface area contributed by atoms with Crippen LogP contribution in [0.1, 0.15) is 44.4 Å². The van der Waals surface area contributed by atoms with E-state index in [2.05, 4.69) is 15.5 Å². The molecule has 3 aromatic rings. The number of esters is 1. The highest BCUT2D eigenvalue weighted by Gasteiger charge is 2.23. The topological polar surface area (TPSA) is 101 Å². The number of benzene rings is 1. The molecule has 0 aliphatic carbocycles. The number of thiophene rings is 1. The maximum absolute atomic E-state index is 12.5. The van der Waals surface area contributed by atoms with Crippen LogP contribution in [0.2, 0.25) is 0 Å². The number of Topliss-reactive ketones (excluding diaryl/α,β-unsaturated/α-hetero) is 1. The molecular weight excluding hydrogens is 390 g/mol. The number of ketones is 1. The molecule has 3 rings (SSSR count). The third kappa shape index (κ3) is 5.17. The van der Waals surface area contributed by atoms with Crippen molar-refractivity contribution in [1.29, 1.82) is 0 Å². The molecule has 7 nitrogen and oxygen atoms in total. The highest BCUT2D eigenvalue weighted by atomic mass is 32.1. The number of aromatic nitrogens is 2. The Morgan fingerprint density at radius 2 is 1.90 bits per heavy atom. The summed E-state index contributed by atoms with van der Waals surface area (Å²) in [5.41, 5.74) is 2.81. The minimum absolute atomic E-state index is 0.141. The van der Waals surface area contributed by atoms with E-state index in [1.165, 1.54) is 25.2 Å². The molecule has 2 N–H and O–H groups in total. The molecule has 8 heteroatoms. The Bertz CT molecular complexity index is 1040. The van der Waals surface area contributed by atoms with E-state index in [1.807, 2.05) is 31.2 Å². The van der Waals surface area contributed by atoms with Gasteiger partial charge in [-0.2, -0.15) is 5.10 Å². The van der Waals surface area contributed by atoms with Crippen molar-refractivity contribution in [1.82, 2.24) is 15.5 Å². The maximum atomic E-state index is 12.5. The van der Waals surface area contributed by atoms with Crippen molar-refractivity contribution in [3.8, 4) is 11.3 Å². The van der Waals surface area contributed by atoms with Gasteiger partial charge >= 0.3 is 5.97 Å². The Balaban J connectivity index is 1.62. The Labute approximate surface area is 172 Å². The lowest BCUT2D eigenvalue weighted by atomic mass is 10.1. The predicted molar refractivity (Wildman–Crippen MR) is 110 cm³/mol. The first-order valence-corrected chi connectivity index (χ1v) is 9.86. The number of nitrogens with one attached hydrogen (secondary N) is 2.